The van der Waals surface area contributed by atoms with Crippen LogP contribution in [0.25, 0.3) is 0 Å². The largest absolute Gasteiger partial charge is 0.310 e. The molecule has 1 heterocycles. The summed E-state index contributed by atoms with van der Waals surface area (Å²) in [6.07, 6.45) is 1.13. The fraction of sp³-hybridized carbons (Fsp3) is 0.765. The highest BCUT2D eigenvalue weighted by molar-refractivity contribution is 8.01. The second-order valence-corrected chi connectivity index (χ2v) is 9.50. The third kappa shape index (κ3) is 5.34. The Labute approximate surface area is 139 Å². The van der Waals surface area contributed by atoms with E-state index in [1.165, 1.54) is 0 Å². The second-order valence-electron chi connectivity index (χ2n) is 7.78. The lowest BCUT2D eigenvalue weighted by Gasteiger charge is -2.23. The monoisotopic (exact) mass is 325 g/mol. The first-order valence-electron chi connectivity index (χ1n) is 7.93. The first-order valence-corrected chi connectivity index (χ1v) is 8.92. The number of aromatic nitrogens is 2. The molecule has 0 saturated carbocycles. The number of hydrogen-bond donors (Lipinski definition) is 1. The predicted octanol–water partition coefficient (Wildman–Crippen LogP) is 4.21. The van der Waals surface area contributed by atoms with E-state index in [0.29, 0.717) is 5.92 Å². The molecule has 0 saturated heterocycles. The summed E-state index contributed by atoms with van der Waals surface area (Å²) in [5.74, 6) is 2.45. The van der Waals surface area contributed by atoms with Crippen LogP contribution in [0.1, 0.15) is 60.6 Å². The van der Waals surface area contributed by atoms with Crippen LogP contribution in [0.15, 0.2) is 6.07 Å². The Bertz CT molecular complexity index is 512. The van der Waals surface area contributed by atoms with Crippen LogP contribution in [0.4, 0.5) is 5.82 Å². The number of carbonyl (C=O) groups excluding carboxylic acids is 1. The van der Waals surface area contributed by atoms with Crippen LogP contribution >= 0.6 is 11.8 Å². The molecule has 0 aliphatic carbocycles. The topological polar surface area (TPSA) is 46.9 Å². The number of aryl methyl sites for hydroxylation is 1. The van der Waals surface area contributed by atoms with Crippen LogP contribution in [-0.2, 0) is 17.3 Å². The molecule has 1 aromatic rings. The molecule has 0 bridgehead atoms. The number of hydrogen-bond acceptors (Lipinski definition) is 3. The van der Waals surface area contributed by atoms with Crippen LogP contribution in [0.3, 0.4) is 0 Å². The number of anilines is 1. The van der Waals surface area contributed by atoms with E-state index in [4.69, 9.17) is 0 Å². The number of amides is 1. The summed E-state index contributed by atoms with van der Waals surface area (Å²) in [6, 6.07) is 1.97. The smallest absolute Gasteiger partial charge is 0.241 e. The van der Waals surface area contributed by atoms with Gasteiger partial charge in [-0.1, -0.05) is 34.6 Å². The fourth-order valence-electron chi connectivity index (χ4n) is 1.83. The Hall–Kier alpha value is -0.970. The van der Waals surface area contributed by atoms with Crippen molar-refractivity contribution in [3.63, 3.8) is 0 Å². The van der Waals surface area contributed by atoms with Crippen molar-refractivity contribution in [2.45, 2.75) is 65.0 Å². The molecule has 0 fully saturated rings. The summed E-state index contributed by atoms with van der Waals surface area (Å²) in [4.78, 5) is 12.5. The zero-order valence-electron chi connectivity index (χ0n) is 15.3. The summed E-state index contributed by atoms with van der Waals surface area (Å²) >= 11 is 1.71. The lowest BCUT2D eigenvalue weighted by Crippen LogP contribution is -2.35. The van der Waals surface area contributed by atoms with Crippen molar-refractivity contribution in [2.75, 3.05) is 11.1 Å². The maximum Gasteiger partial charge on any atom is 0.241 e. The number of nitrogens with zero attached hydrogens (tertiary/aromatic N) is 2. The minimum atomic E-state index is -0.443. The molecule has 0 spiro atoms. The Morgan fingerprint density at radius 3 is 2.36 bits per heavy atom. The van der Waals surface area contributed by atoms with Gasteiger partial charge in [-0.15, -0.1) is 11.8 Å². The van der Waals surface area contributed by atoms with Gasteiger partial charge in [0.2, 0.25) is 5.91 Å². The van der Waals surface area contributed by atoms with E-state index < -0.39 is 4.75 Å². The summed E-state index contributed by atoms with van der Waals surface area (Å²) in [7, 11) is 1.86. The highest BCUT2D eigenvalue weighted by atomic mass is 32.2. The van der Waals surface area contributed by atoms with Crippen LogP contribution in [-0.4, -0.2) is 26.2 Å². The molecule has 22 heavy (non-hydrogen) atoms. The number of thioether (sulfide) groups is 1. The summed E-state index contributed by atoms with van der Waals surface area (Å²) in [5, 5.41) is 7.52. The van der Waals surface area contributed by atoms with Crippen molar-refractivity contribution in [3.05, 3.63) is 11.8 Å². The first kappa shape index (κ1) is 19.1. The predicted molar refractivity (Wildman–Crippen MR) is 96.5 cm³/mol. The molecule has 1 aromatic heterocycles. The van der Waals surface area contributed by atoms with E-state index in [1.807, 2.05) is 27.0 Å². The van der Waals surface area contributed by atoms with Gasteiger partial charge >= 0.3 is 0 Å². The van der Waals surface area contributed by atoms with Gasteiger partial charge in [-0.25, -0.2) is 0 Å². The molecule has 0 atom stereocenters. The fourth-order valence-corrected chi connectivity index (χ4v) is 3.11. The molecular formula is C17H31N3OS. The van der Waals surface area contributed by atoms with Crippen LogP contribution in [0.2, 0.25) is 0 Å². The number of rotatable bonds is 6. The van der Waals surface area contributed by atoms with E-state index in [0.717, 1.165) is 23.7 Å². The van der Waals surface area contributed by atoms with Crippen molar-refractivity contribution in [1.82, 2.24) is 9.78 Å². The van der Waals surface area contributed by atoms with Crippen molar-refractivity contribution in [3.8, 4) is 0 Å². The molecule has 126 valence electrons. The zero-order valence-corrected chi connectivity index (χ0v) is 16.1. The molecule has 0 radical (unpaired) electrons. The molecule has 0 unspecified atom stereocenters. The molecule has 5 heteroatoms. The van der Waals surface area contributed by atoms with Crippen LogP contribution < -0.4 is 5.32 Å². The van der Waals surface area contributed by atoms with Gasteiger partial charge in [0, 0.05) is 18.5 Å². The maximum absolute atomic E-state index is 12.5. The molecule has 0 aliphatic rings. The van der Waals surface area contributed by atoms with Gasteiger partial charge in [0.1, 0.15) is 5.82 Å². The molecule has 0 aliphatic heterocycles. The van der Waals surface area contributed by atoms with Gasteiger partial charge < -0.3 is 5.32 Å². The Kier molecular flexibility index (Phi) is 6.13. The molecule has 1 amide bonds. The lowest BCUT2D eigenvalue weighted by atomic mass is 9.92. The molecular weight excluding hydrogens is 294 g/mol. The van der Waals surface area contributed by atoms with Gasteiger partial charge in [-0.2, -0.15) is 5.10 Å². The standard InChI is InChI=1S/C17H31N3OS/c1-12(2)9-10-22-17(6,7)15(21)18-14-11-13(16(3,4)5)19-20(14)8/h11-12H,9-10H2,1-8H3,(H,18,21). The SMILES string of the molecule is CC(C)CCSC(C)(C)C(=O)Nc1cc(C(C)(C)C)nn1C. The third-order valence-electron chi connectivity index (χ3n) is 3.59. The van der Waals surface area contributed by atoms with Crippen molar-refractivity contribution in [1.29, 1.82) is 0 Å². The van der Waals surface area contributed by atoms with Gasteiger partial charge in [0.05, 0.1) is 10.4 Å². The number of carbonyl (C=O) groups is 1. The van der Waals surface area contributed by atoms with Crippen molar-refractivity contribution >= 4 is 23.5 Å². The van der Waals surface area contributed by atoms with Gasteiger partial charge in [-0.05, 0) is 31.9 Å². The first-order chi connectivity index (χ1) is 9.93. The van der Waals surface area contributed by atoms with Crippen LogP contribution in [0, 0.1) is 5.92 Å². The van der Waals surface area contributed by atoms with E-state index in [1.54, 1.807) is 16.4 Å². The molecule has 4 nitrogen and oxygen atoms in total. The minimum absolute atomic E-state index is 0.0255. The zero-order chi connectivity index (χ0) is 17.1. The van der Waals surface area contributed by atoms with Crippen molar-refractivity contribution < 1.29 is 4.79 Å². The van der Waals surface area contributed by atoms with Gasteiger partial charge in [0.15, 0.2) is 0 Å². The third-order valence-corrected chi connectivity index (χ3v) is 4.94. The Morgan fingerprint density at radius 1 is 1.32 bits per heavy atom. The van der Waals surface area contributed by atoms with Crippen molar-refractivity contribution in [2.24, 2.45) is 13.0 Å². The summed E-state index contributed by atoms with van der Waals surface area (Å²) in [6.45, 7) is 14.7. The lowest BCUT2D eigenvalue weighted by molar-refractivity contribution is -0.117. The highest BCUT2D eigenvalue weighted by Gasteiger charge is 2.29. The van der Waals surface area contributed by atoms with E-state index in [9.17, 15) is 4.79 Å². The molecule has 1 N–H and O–H groups in total. The van der Waals surface area contributed by atoms with Gasteiger partial charge in [0.25, 0.3) is 0 Å². The quantitative estimate of drug-likeness (QED) is 0.852. The highest BCUT2D eigenvalue weighted by Crippen LogP contribution is 2.29. The van der Waals surface area contributed by atoms with E-state index >= 15 is 0 Å². The van der Waals surface area contributed by atoms with Gasteiger partial charge in [-0.3, -0.25) is 9.48 Å². The molecule has 1 rings (SSSR count). The molecule has 0 aromatic carbocycles. The number of nitrogens with one attached hydrogen (secondary N) is 1. The minimum Gasteiger partial charge on any atom is -0.310 e. The Morgan fingerprint density at radius 2 is 1.91 bits per heavy atom. The normalized spacial score (nSPS) is 12.8. The average molecular weight is 326 g/mol. The van der Waals surface area contributed by atoms with Crippen LogP contribution in [0.5, 0.6) is 0 Å². The van der Waals surface area contributed by atoms with E-state index in [2.05, 4.69) is 45.0 Å². The average Bonchev–Trinajstić information content (AvgIpc) is 2.70. The summed E-state index contributed by atoms with van der Waals surface area (Å²) in [5.41, 5.74) is 0.956. The Balaban J connectivity index is 2.73. The maximum atomic E-state index is 12.5. The summed E-state index contributed by atoms with van der Waals surface area (Å²) < 4.78 is 1.30. The second kappa shape index (κ2) is 7.07. The van der Waals surface area contributed by atoms with E-state index in [-0.39, 0.29) is 11.3 Å².